The smallest absolute Gasteiger partial charge is 0.253 e. The third-order valence-corrected chi connectivity index (χ3v) is 2.71. The molecule has 4 heteroatoms. The van der Waals surface area contributed by atoms with Gasteiger partial charge in [-0.1, -0.05) is 6.07 Å². The summed E-state index contributed by atoms with van der Waals surface area (Å²) in [7, 11) is 0. The fourth-order valence-corrected chi connectivity index (χ4v) is 1.60. The molecule has 2 rings (SSSR count). The van der Waals surface area contributed by atoms with E-state index in [0.717, 1.165) is 11.3 Å². The number of hydrogen-bond acceptors (Lipinski definition) is 3. The molecule has 0 radical (unpaired) electrons. The number of aryl methyl sites for hydroxylation is 1. The zero-order valence-electron chi connectivity index (χ0n) is 10.4. The Morgan fingerprint density at radius 2 is 2.11 bits per heavy atom. The van der Waals surface area contributed by atoms with Crippen LogP contribution in [0.5, 0.6) is 0 Å². The van der Waals surface area contributed by atoms with E-state index >= 15 is 0 Å². The molecule has 1 N–H and O–H groups in total. The van der Waals surface area contributed by atoms with Crippen LogP contribution in [0.2, 0.25) is 0 Å². The number of carbonyl (C=O) groups excluding carboxylic acids is 1. The summed E-state index contributed by atoms with van der Waals surface area (Å²) in [5, 5.41) is 2.91. The van der Waals surface area contributed by atoms with Gasteiger partial charge in [0.2, 0.25) is 0 Å². The van der Waals surface area contributed by atoms with Crippen LogP contribution in [0.3, 0.4) is 0 Å². The first-order chi connectivity index (χ1) is 8.66. The Morgan fingerprint density at radius 1 is 1.28 bits per heavy atom. The van der Waals surface area contributed by atoms with Crippen LogP contribution in [0, 0.1) is 6.92 Å². The Balaban J connectivity index is 2.06. The van der Waals surface area contributed by atoms with Crippen molar-refractivity contribution in [2.45, 2.75) is 19.9 Å². The molecule has 2 aromatic heterocycles. The van der Waals surface area contributed by atoms with E-state index in [-0.39, 0.29) is 11.9 Å². The van der Waals surface area contributed by atoms with Gasteiger partial charge < -0.3 is 5.32 Å². The summed E-state index contributed by atoms with van der Waals surface area (Å²) in [6.45, 7) is 3.82. The Morgan fingerprint density at radius 3 is 2.72 bits per heavy atom. The standard InChI is InChI=1S/C14H15N3O/c1-10-5-6-13(9-16-10)14(18)17-11(2)12-4-3-7-15-8-12/h3-9,11H,1-2H3,(H,17,18). The normalized spacial score (nSPS) is 11.9. The molecule has 18 heavy (non-hydrogen) atoms. The first kappa shape index (κ1) is 12.2. The number of rotatable bonds is 3. The molecule has 0 aromatic carbocycles. The summed E-state index contributed by atoms with van der Waals surface area (Å²) in [5.74, 6) is -0.126. The van der Waals surface area contributed by atoms with Crippen molar-refractivity contribution in [2.75, 3.05) is 0 Å². The van der Waals surface area contributed by atoms with Gasteiger partial charge in [0.25, 0.3) is 5.91 Å². The monoisotopic (exact) mass is 241 g/mol. The summed E-state index contributed by atoms with van der Waals surface area (Å²) < 4.78 is 0. The van der Waals surface area contributed by atoms with E-state index in [1.807, 2.05) is 32.0 Å². The SMILES string of the molecule is Cc1ccc(C(=O)NC(C)c2cccnc2)cn1. The van der Waals surface area contributed by atoms with Gasteiger partial charge in [-0.25, -0.2) is 0 Å². The lowest BCUT2D eigenvalue weighted by Crippen LogP contribution is -2.26. The van der Waals surface area contributed by atoms with Crippen LogP contribution in [0.25, 0.3) is 0 Å². The van der Waals surface area contributed by atoms with Crippen LogP contribution in [0.15, 0.2) is 42.9 Å². The molecular formula is C14H15N3O. The lowest BCUT2D eigenvalue weighted by atomic mass is 10.1. The topological polar surface area (TPSA) is 54.9 Å². The van der Waals surface area contributed by atoms with E-state index in [2.05, 4.69) is 15.3 Å². The maximum atomic E-state index is 12.0. The molecule has 2 heterocycles. The summed E-state index contributed by atoms with van der Waals surface area (Å²) in [6, 6.07) is 7.31. The molecule has 1 amide bonds. The van der Waals surface area contributed by atoms with Crippen molar-refractivity contribution in [1.29, 1.82) is 0 Å². The molecular weight excluding hydrogens is 226 g/mol. The van der Waals surface area contributed by atoms with Gasteiger partial charge in [-0.3, -0.25) is 14.8 Å². The van der Waals surface area contributed by atoms with Gasteiger partial charge in [-0.2, -0.15) is 0 Å². The van der Waals surface area contributed by atoms with Gasteiger partial charge in [0.15, 0.2) is 0 Å². The first-order valence-electron chi connectivity index (χ1n) is 5.80. The molecule has 0 aliphatic rings. The van der Waals surface area contributed by atoms with E-state index in [0.29, 0.717) is 5.56 Å². The summed E-state index contributed by atoms with van der Waals surface area (Å²) in [4.78, 5) is 20.1. The van der Waals surface area contributed by atoms with E-state index < -0.39 is 0 Å². The summed E-state index contributed by atoms with van der Waals surface area (Å²) in [5.41, 5.74) is 2.44. The summed E-state index contributed by atoms with van der Waals surface area (Å²) in [6.07, 6.45) is 5.04. The fraction of sp³-hybridized carbons (Fsp3) is 0.214. The quantitative estimate of drug-likeness (QED) is 0.896. The number of amides is 1. The molecule has 2 aromatic rings. The average molecular weight is 241 g/mol. The number of hydrogen-bond donors (Lipinski definition) is 1. The minimum atomic E-state index is -0.126. The fourth-order valence-electron chi connectivity index (χ4n) is 1.60. The van der Waals surface area contributed by atoms with Crippen molar-refractivity contribution in [1.82, 2.24) is 15.3 Å². The predicted octanol–water partition coefficient (Wildman–Crippen LogP) is 2.28. The van der Waals surface area contributed by atoms with Gasteiger partial charge >= 0.3 is 0 Å². The van der Waals surface area contributed by atoms with Gasteiger partial charge in [0.05, 0.1) is 11.6 Å². The molecule has 4 nitrogen and oxygen atoms in total. The van der Waals surface area contributed by atoms with Gasteiger partial charge in [-0.15, -0.1) is 0 Å². The number of aromatic nitrogens is 2. The first-order valence-corrected chi connectivity index (χ1v) is 5.80. The number of nitrogens with zero attached hydrogens (tertiary/aromatic N) is 2. The highest BCUT2D eigenvalue weighted by Gasteiger charge is 2.11. The van der Waals surface area contributed by atoms with Crippen molar-refractivity contribution in [2.24, 2.45) is 0 Å². The van der Waals surface area contributed by atoms with Crippen LogP contribution < -0.4 is 5.32 Å². The highest BCUT2D eigenvalue weighted by atomic mass is 16.1. The minimum Gasteiger partial charge on any atom is -0.345 e. The van der Waals surface area contributed by atoms with Crippen LogP contribution in [0.1, 0.15) is 34.6 Å². The zero-order valence-corrected chi connectivity index (χ0v) is 10.4. The van der Waals surface area contributed by atoms with Crippen LogP contribution in [0.4, 0.5) is 0 Å². The zero-order chi connectivity index (χ0) is 13.0. The van der Waals surface area contributed by atoms with Crippen LogP contribution in [-0.4, -0.2) is 15.9 Å². The highest BCUT2D eigenvalue weighted by Crippen LogP contribution is 2.11. The van der Waals surface area contributed by atoms with E-state index in [9.17, 15) is 4.79 Å². The third kappa shape index (κ3) is 2.91. The van der Waals surface area contributed by atoms with E-state index in [1.165, 1.54) is 0 Å². The van der Waals surface area contributed by atoms with Gasteiger partial charge in [0.1, 0.15) is 0 Å². The highest BCUT2D eigenvalue weighted by molar-refractivity contribution is 5.94. The van der Waals surface area contributed by atoms with Gasteiger partial charge in [0, 0.05) is 24.3 Å². The molecule has 1 unspecified atom stereocenters. The van der Waals surface area contributed by atoms with Crippen molar-refractivity contribution < 1.29 is 4.79 Å². The lowest BCUT2D eigenvalue weighted by Gasteiger charge is -2.13. The molecule has 0 saturated carbocycles. The van der Waals surface area contributed by atoms with Crippen LogP contribution >= 0.6 is 0 Å². The molecule has 1 atom stereocenters. The second-order valence-corrected chi connectivity index (χ2v) is 4.17. The average Bonchev–Trinajstić information content (AvgIpc) is 2.40. The van der Waals surface area contributed by atoms with Gasteiger partial charge in [-0.05, 0) is 37.6 Å². The Bertz CT molecular complexity index is 522. The Kier molecular flexibility index (Phi) is 3.67. The number of nitrogens with one attached hydrogen (secondary N) is 1. The third-order valence-electron chi connectivity index (χ3n) is 2.71. The molecule has 0 saturated heterocycles. The van der Waals surface area contributed by atoms with Crippen LogP contribution in [-0.2, 0) is 0 Å². The Hall–Kier alpha value is -2.23. The molecule has 0 aliphatic carbocycles. The maximum absolute atomic E-state index is 12.0. The Labute approximate surface area is 106 Å². The van der Waals surface area contributed by atoms with Crippen molar-refractivity contribution in [3.63, 3.8) is 0 Å². The second kappa shape index (κ2) is 5.40. The second-order valence-electron chi connectivity index (χ2n) is 4.17. The maximum Gasteiger partial charge on any atom is 0.253 e. The molecule has 0 aliphatic heterocycles. The minimum absolute atomic E-state index is 0.0764. The largest absolute Gasteiger partial charge is 0.345 e. The molecule has 0 fully saturated rings. The van der Waals surface area contributed by atoms with Crippen molar-refractivity contribution in [3.8, 4) is 0 Å². The van der Waals surface area contributed by atoms with E-state index in [4.69, 9.17) is 0 Å². The number of carbonyl (C=O) groups is 1. The predicted molar refractivity (Wildman–Crippen MR) is 69.1 cm³/mol. The summed E-state index contributed by atoms with van der Waals surface area (Å²) >= 11 is 0. The number of pyridine rings is 2. The lowest BCUT2D eigenvalue weighted by molar-refractivity contribution is 0.0939. The van der Waals surface area contributed by atoms with Crippen molar-refractivity contribution >= 4 is 5.91 Å². The molecule has 0 spiro atoms. The van der Waals surface area contributed by atoms with E-state index in [1.54, 1.807) is 24.7 Å². The van der Waals surface area contributed by atoms with Crippen molar-refractivity contribution in [3.05, 3.63) is 59.7 Å². The molecule has 92 valence electrons. The molecule has 0 bridgehead atoms.